The molecule has 0 heterocycles. The largest absolute Gasteiger partial charge is 0.319 e. The molecule has 0 saturated heterocycles. The molecule has 0 radical (unpaired) electrons. The quantitative estimate of drug-likeness (QED) is 0.633. The van der Waals surface area contributed by atoms with E-state index in [1.807, 2.05) is 6.92 Å². The summed E-state index contributed by atoms with van der Waals surface area (Å²) in [5.41, 5.74) is 4.83. The molecule has 9 heavy (non-hydrogen) atoms. The van der Waals surface area contributed by atoms with Gasteiger partial charge in [0.15, 0.2) is 0 Å². The molecule has 0 aromatic carbocycles. The van der Waals surface area contributed by atoms with Crippen molar-refractivity contribution in [1.82, 2.24) is 0 Å². The molecule has 0 aromatic heterocycles. The third kappa shape index (κ3) is 3.54. The van der Waals surface area contributed by atoms with E-state index in [4.69, 9.17) is 5.73 Å². The zero-order chi connectivity index (χ0) is 7.49. The minimum absolute atomic E-state index is 0.0602. The Morgan fingerprint density at radius 3 is 2.22 bits per heavy atom. The summed E-state index contributed by atoms with van der Waals surface area (Å²) < 4.78 is 0. The molecule has 0 aliphatic rings. The second-order valence-electron chi connectivity index (χ2n) is 2.44. The van der Waals surface area contributed by atoms with Gasteiger partial charge in [0.2, 0.25) is 5.12 Å². The van der Waals surface area contributed by atoms with Crippen LogP contribution in [0.15, 0.2) is 0 Å². The Kier molecular flexibility index (Phi) is 3.22. The van der Waals surface area contributed by atoms with Gasteiger partial charge in [0, 0.05) is 0 Å². The van der Waals surface area contributed by atoms with Gasteiger partial charge in [0.25, 0.3) is 0 Å². The van der Waals surface area contributed by atoms with E-state index in [9.17, 15) is 4.79 Å². The molecule has 0 saturated carbocycles. The van der Waals surface area contributed by atoms with E-state index in [-0.39, 0.29) is 5.12 Å². The highest BCUT2D eigenvalue weighted by Crippen LogP contribution is 2.10. The maximum Gasteiger partial charge on any atom is 0.208 e. The molecular weight excluding hydrogens is 134 g/mol. The van der Waals surface area contributed by atoms with Crippen LogP contribution in [0.3, 0.4) is 0 Å². The standard InChI is InChI=1S/C6H13NOS/c1-4-9-5(8)6(2,3)7/h4,7H2,1-3H3. The highest BCUT2D eigenvalue weighted by molar-refractivity contribution is 8.13. The topological polar surface area (TPSA) is 43.1 Å². The predicted octanol–water partition coefficient (Wildman–Crippen LogP) is 1.00. The van der Waals surface area contributed by atoms with E-state index in [1.165, 1.54) is 11.8 Å². The molecule has 3 heteroatoms. The van der Waals surface area contributed by atoms with Gasteiger partial charge >= 0.3 is 0 Å². The monoisotopic (exact) mass is 147 g/mol. The van der Waals surface area contributed by atoms with Crippen LogP contribution >= 0.6 is 11.8 Å². The lowest BCUT2D eigenvalue weighted by Gasteiger charge is -2.14. The van der Waals surface area contributed by atoms with Gasteiger partial charge in [-0.15, -0.1) is 0 Å². The van der Waals surface area contributed by atoms with Crippen LogP contribution in [-0.4, -0.2) is 16.4 Å². The first-order valence-corrected chi connectivity index (χ1v) is 3.93. The fraction of sp³-hybridized carbons (Fsp3) is 0.833. The van der Waals surface area contributed by atoms with Crippen molar-refractivity contribution in [3.05, 3.63) is 0 Å². The van der Waals surface area contributed by atoms with E-state index in [0.29, 0.717) is 0 Å². The van der Waals surface area contributed by atoms with Crippen molar-refractivity contribution in [3.8, 4) is 0 Å². The van der Waals surface area contributed by atoms with Crippen LogP contribution in [0.25, 0.3) is 0 Å². The normalized spacial score (nSPS) is 11.6. The smallest absolute Gasteiger partial charge is 0.208 e. The molecule has 0 rings (SSSR count). The van der Waals surface area contributed by atoms with Crippen LogP contribution < -0.4 is 5.73 Å². The van der Waals surface area contributed by atoms with Crippen molar-refractivity contribution in [3.63, 3.8) is 0 Å². The Morgan fingerprint density at radius 2 is 2.11 bits per heavy atom. The maximum absolute atomic E-state index is 10.9. The third-order valence-corrected chi connectivity index (χ3v) is 1.88. The number of hydrogen-bond donors (Lipinski definition) is 1. The summed E-state index contributed by atoms with van der Waals surface area (Å²) in [4.78, 5) is 10.9. The molecule has 0 bridgehead atoms. The average Bonchev–Trinajstić information content (AvgIpc) is 1.64. The van der Waals surface area contributed by atoms with Crippen LogP contribution in [0.2, 0.25) is 0 Å². The predicted molar refractivity (Wildman–Crippen MR) is 41.4 cm³/mol. The Hall–Kier alpha value is -0.0200. The lowest BCUT2D eigenvalue weighted by atomic mass is 10.1. The second-order valence-corrected chi connectivity index (χ2v) is 3.68. The Labute approximate surface area is 60.2 Å². The molecule has 54 valence electrons. The Balaban J connectivity index is 3.74. The first kappa shape index (κ1) is 8.98. The van der Waals surface area contributed by atoms with Crippen molar-refractivity contribution in [2.45, 2.75) is 26.3 Å². The highest BCUT2D eigenvalue weighted by Gasteiger charge is 2.20. The molecule has 0 atom stereocenters. The van der Waals surface area contributed by atoms with Crippen molar-refractivity contribution in [2.75, 3.05) is 5.75 Å². The second kappa shape index (κ2) is 3.22. The number of carbonyl (C=O) groups excluding carboxylic acids is 1. The SMILES string of the molecule is CCSC(=O)C(C)(C)N. The summed E-state index contributed by atoms with van der Waals surface area (Å²) in [7, 11) is 0. The van der Waals surface area contributed by atoms with Gasteiger partial charge in [0.05, 0.1) is 5.54 Å². The van der Waals surface area contributed by atoms with Gasteiger partial charge in [-0.2, -0.15) is 0 Å². The van der Waals surface area contributed by atoms with Crippen LogP contribution in [0.4, 0.5) is 0 Å². The number of thioether (sulfide) groups is 1. The fourth-order valence-corrected chi connectivity index (χ4v) is 0.951. The van der Waals surface area contributed by atoms with Gasteiger partial charge in [-0.25, -0.2) is 0 Å². The maximum atomic E-state index is 10.9. The van der Waals surface area contributed by atoms with Crippen LogP contribution in [0, 0.1) is 0 Å². The average molecular weight is 147 g/mol. The number of nitrogens with two attached hydrogens (primary N) is 1. The van der Waals surface area contributed by atoms with E-state index in [2.05, 4.69) is 0 Å². The summed E-state index contributed by atoms with van der Waals surface area (Å²) in [6.07, 6.45) is 0. The number of carbonyl (C=O) groups is 1. The highest BCUT2D eigenvalue weighted by atomic mass is 32.2. The zero-order valence-electron chi connectivity index (χ0n) is 6.10. The first-order valence-electron chi connectivity index (χ1n) is 2.94. The lowest BCUT2D eigenvalue weighted by Crippen LogP contribution is -2.39. The van der Waals surface area contributed by atoms with Crippen molar-refractivity contribution >= 4 is 16.9 Å². The Morgan fingerprint density at radius 1 is 1.67 bits per heavy atom. The molecule has 0 fully saturated rings. The fourth-order valence-electron chi connectivity index (χ4n) is 0.317. The minimum Gasteiger partial charge on any atom is -0.319 e. The summed E-state index contributed by atoms with van der Waals surface area (Å²) in [6.45, 7) is 5.38. The lowest BCUT2D eigenvalue weighted by molar-refractivity contribution is -0.114. The van der Waals surface area contributed by atoms with Gasteiger partial charge in [-0.1, -0.05) is 18.7 Å². The molecule has 0 unspecified atom stereocenters. The molecule has 0 amide bonds. The van der Waals surface area contributed by atoms with E-state index in [1.54, 1.807) is 13.8 Å². The third-order valence-electron chi connectivity index (χ3n) is 0.802. The summed E-state index contributed by atoms with van der Waals surface area (Å²) in [5.74, 6) is 0.805. The molecule has 0 aliphatic carbocycles. The minimum atomic E-state index is -0.666. The summed E-state index contributed by atoms with van der Waals surface area (Å²) in [5, 5.41) is 0.0602. The van der Waals surface area contributed by atoms with Crippen molar-refractivity contribution < 1.29 is 4.79 Å². The van der Waals surface area contributed by atoms with Gasteiger partial charge in [-0.3, -0.25) is 4.79 Å². The van der Waals surface area contributed by atoms with Crippen molar-refractivity contribution in [2.24, 2.45) is 5.73 Å². The number of hydrogen-bond acceptors (Lipinski definition) is 3. The first-order chi connectivity index (χ1) is 3.98. The molecule has 0 spiro atoms. The van der Waals surface area contributed by atoms with Crippen molar-refractivity contribution in [1.29, 1.82) is 0 Å². The molecule has 0 aliphatic heterocycles. The molecule has 0 aromatic rings. The van der Waals surface area contributed by atoms with Crippen LogP contribution in [0.5, 0.6) is 0 Å². The summed E-state index contributed by atoms with van der Waals surface area (Å²) in [6, 6.07) is 0. The van der Waals surface area contributed by atoms with E-state index < -0.39 is 5.54 Å². The van der Waals surface area contributed by atoms with Gasteiger partial charge in [0.1, 0.15) is 0 Å². The number of rotatable bonds is 2. The summed E-state index contributed by atoms with van der Waals surface area (Å²) >= 11 is 1.27. The van der Waals surface area contributed by atoms with Gasteiger partial charge < -0.3 is 5.73 Å². The van der Waals surface area contributed by atoms with Crippen LogP contribution in [0.1, 0.15) is 20.8 Å². The Bertz CT molecular complexity index is 106. The zero-order valence-corrected chi connectivity index (χ0v) is 6.92. The molecule has 2 N–H and O–H groups in total. The van der Waals surface area contributed by atoms with E-state index >= 15 is 0 Å². The van der Waals surface area contributed by atoms with Gasteiger partial charge in [-0.05, 0) is 19.6 Å². The molecular formula is C6H13NOS. The van der Waals surface area contributed by atoms with Crippen LogP contribution in [-0.2, 0) is 4.79 Å². The van der Waals surface area contributed by atoms with E-state index in [0.717, 1.165) is 5.75 Å². The molecule has 2 nitrogen and oxygen atoms in total.